The lowest BCUT2D eigenvalue weighted by Crippen LogP contribution is -2.47. The highest BCUT2D eigenvalue weighted by Gasteiger charge is 2.26. The van der Waals surface area contributed by atoms with Gasteiger partial charge in [0.1, 0.15) is 5.75 Å². The summed E-state index contributed by atoms with van der Waals surface area (Å²) in [6, 6.07) is 9.52. The van der Waals surface area contributed by atoms with Crippen LogP contribution in [0.25, 0.3) is 0 Å². The summed E-state index contributed by atoms with van der Waals surface area (Å²) in [6.07, 6.45) is 2.40. The molecule has 0 spiro atoms. The molecule has 2 rings (SSSR count). The van der Waals surface area contributed by atoms with E-state index in [0.29, 0.717) is 12.1 Å². The number of anilines is 1. The fraction of sp³-hybridized carbons (Fsp3) is 0.600. The van der Waals surface area contributed by atoms with E-state index in [1.807, 2.05) is 12.1 Å². The van der Waals surface area contributed by atoms with Gasteiger partial charge in [-0.05, 0) is 38.4 Å². The molecule has 3 heteroatoms. The summed E-state index contributed by atoms with van der Waals surface area (Å²) in [5, 5.41) is 3.56. The molecular formula is C15H24N2O. The number of nitrogens with zero attached hydrogens (tertiary/aromatic N) is 1. The Balaban J connectivity index is 2.10. The van der Waals surface area contributed by atoms with Crippen LogP contribution in [0.15, 0.2) is 24.3 Å². The third kappa shape index (κ3) is 2.78. The maximum Gasteiger partial charge on any atom is 0.142 e. The van der Waals surface area contributed by atoms with Gasteiger partial charge in [0, 0.05) is 18.6 Å². The van der Waals surface area contributed by atoms with E-state index in [-0.39, 0.29) is 0 Å². The average molecular weight is 248 g/mol. The number of methoxy groups -OCH3 is 1. The summed E-state index contributed by atoms with van der Waals surface area (Å²) >= 11 is 0. The van der Waals surface area contributed by atoms with Crippen LogP contribution in [0.3, 0.4) is 0 Å². The second kappa shape index (κ2) is 6.10. The second-order valence-electron chi connectivity index (χ2n) is 4.99. The van der Waals surface area contributed by atoms with Crippen LogP contribution < -0.4 is 15.0 Å². The van der Waals surface area contributed by atoms with Gasteiger partial charge in [0.25, 0.3) is 0 Å². The van der Waals surface area contributed by atoms with Crippen LogP contribution in [0.5, 0.6) is 5.75 Å². The average Bonchev–Trinajstić information content (AvgIpc) is 2.39. The van der Waals surface area contributed by atoms with Crippen molar-refractivity contribution in [3.63, 3.8) is 0 Å². The molecule has 1 aliphatic rings. The summed E-state index contributed by atoms with van der Waals surface area (Å²) in [6.45, 7) is 6.64. The molecule has 1 aliphatic heterocycles. The number of para-hydroxylation sites is 2. The summed E-state index contributed by atoms with van der Waals surface area (Å²) in [5.74, 6) is 0.978. The summed E-state index contributed by atoms with van der Waals surface area (Å²) < 4.78 is 5.46. The van der Waals surface area contributed by atoms with Crippen LogP contribution >= 0.6 is 0 Å². The number of nitrogens with one attached hydrogen (secondary N) is 1. The van der Waals surface area contributed by atoms with Crippen molar-refractivity contribution in [2.24, 2.45) is 0 Å². The molecule has 1 aromatic rings. The van der Waals surface area contributed by atoms with E-state index < -0.39 is 0 Å². The van der Waals surface area contributed by atoms with Gasteiger partial charge in [-0.25, -0.2) is 0 Å². The van der Waals surface area contributed by atoms with E-state index in [9.17, 15) is 0 Å². The molecule has 0 amide bonds. The minimum absolute atomic E-state index is 0.555. The van der Waals surface area contributed by atoms with Crippen LogP contribution in [-0.4, -0.2) is 32.3 Å². The summed E-state index contributed by atoms with van der Waals surface area (Å²) in [5.41, 5.74) is 1.22. The van der Waals surface area contributed by atoms with Gasteiger partial charge in [-0.3, -0.25) is 0 Å². The van der Waals surface area contributed by atoms with Crippen LogP contribution in [0, 0.1) is 0 Å². The Hall–Kier alpha value is -1.22. The van der Waals surface area contributed by atoms with Gasteiger partial charge < -0.3 is 15.0 Å². The van der Waals surface area contributed by atoms with Gasteiger partial charge in [0.15, 0.2) is 0 Å². The van der Waals surface area contributed by atoms with E-state index in [1.54, 1.807) is 7.11 Å². The molecule has 1 fully saturated rings. The van der Waals surface area contributed by atoms with Crippen LogP contribution in [0.2, 0.25) is 0 Å². The first-order valence-electron chi connectivity index (χ1n) is 6.89. The maximum atomic E-state index is 5.46. The molecule has 0 bridgehead atoms. The molecule has 1 saturated heterocycles. The second-order valence-corrected chi connectivity index (χ2v) is 4.99. The number of benzene rings is 1. The Kier molecular flexibility index (Phi) is 4.48. The predicted molar refractivity (Wildman–Crippen MR) is 76.5 cm³/mol. The first-order chi connectivity index (χ1) is 8.76. The van der Waals surface area contributed by atoms with Gasteiger partial charge in [-0.2, -0.15) is 0 Å². The third-order valence-corrected chi connectivity index (χ3v) is 3.76. The minimum atomic E-state index is 0.555. The van der Waals surface area contributed by atoms with Crippen molar-refractivity contribution >= 4 is 5.69 Å². The Morgan fingerprint density at radius 2 is 2.17 bits per heavy atom. The predicted octanol–water partition coefficient (Wildman–Crippen LogP) is 2.66. The molecule has 100 valence electrons. The molecule has 0 saturated carbocycles. The first-order valence-corrected chi connectivity index (χ1v) is 6.89. The largest absolute Gasteiger partial charge is 0.495 e. The molecule has 1 heterocycles. The molecule has 0 radical (unpaired) electrons. The maximum absolute atomic E-state index is 5.46. The van der Waals surface area contributed by atoms with Gasteiger partial charge in [-0.1, -0.05) is 19.1 Å². The van der Waals surface area contributed by atoms with Crippen molar-refractivity contribution in [1.82, 2.24) is 5.32 Å². The normalized spacial score (nSPS) is 24.1. The lowest BCUT2D eigenvalue weighted by Gasteiger charge is -2.40. The third-order valence-electron chi connectivity index (χ3n) is 3.76. The molecule has 18 heavy (non-hydrogen) atoms. The summed E-state index contributed by atoms with van der Waals surface area (Å²) in [4.78, 5) is 2.46. The fourth-order valence-electron chi connectivity index (χ4n) is 2.87. The van der Waals surface area contributed by atoms with Crippen molar-refractivity contribution < 1.29 is 4.74 Å². The van der Waals surface area contributed by atoms with E-state index in [2.05, 4.69) is 36.2 Å². The Morgan fingerprint density at radius 3 is 2.83 bits per heavy atom. The number of piperidine rings is 1. The molecule has 0 aliphatic carbocycles. The van der Waals surface area contributed by atoms with E-state index in [1.165, 1.54) is 18.5 Å². The van der Waals surface area contributed by atoms with Crippen molar-refractivity contribution in [3.05, 3.63) is 24.3 Å². The van der Waals surface area contributed by atoms with Crippen molar-refractivity contribution in [1.29, 1.82) is 0 Å². The minimum Gasteiger partial charge on any atom is -0.495 e. The highest BCUT2D eigenvalue weighted by atomic mass is 16.5. The van der Waals surface area contributed by atoms with Gasteiger partial charge in [0.05, 0.1) is 12.8 Å². The van der Waals surface area contributed by atoms with Gasteiger partial charge in [-0.15, -0.1) is 0 Å². The zero-order valence-electron chi connectivity index (χ0n) is 11.6. The number of rotatable bonds is 4. The molecule has 0 aromatic heterocycles. The van der Waals surface area contributed by atoms with Gasteiger partial charge >= 0.3 is 0 Å². The Morgan fingerprint density at radius 1 is 1.39 bits per heavy atom. The number of hydrogen-bond acceptors (Lipinski definition) is 3. The van der Waals surface area contributed by atoms with Crippen molar-refractivity contribution in [2.75, 3.05) is 25.1 Å². The van der Waals surface area contributed by atoms with Gasteiger partial charge in [0.2, 0.25) is 0 Å². The van der Waals surface area contributed by atoms with Crippen molar-refractivity contribution in [2.45, 2.75) is 38.8 Å². The van der Waals surface area contributed by atoms with Crippen molar-refractivity contribution in [3.8, 4) is 5.75 Å². The zero-order chi connectivity index (χ0) is 13.0. The molecule has 1 N–H and O–H groups in total. The monoisotopic (exact) mass is 248 g/mol. The summed E-state index contributed by atoms with van der Waals surface area (Å²) in [7, 11) is 1.74. The number of hydrogen-bond donors (Lipinski definition) is 1. The molecule has 3 nitrogen and oxygen atoms in total. The fourth-order valence-corrected chi connectivity index (χ4v) is 2.87. The van der Waals surface area contributed by atoms with E-state index in [4.69, 9.17) is 4.74 Å². The highest BCUT2D eigenvalue weighted by Crippen LogP contribution is 2.32. The zero-order valence-corrected chi connectivity index (χ0v) is 11.6. The lowest BCUT2D eigenvalue weighted by atomic mass is 9.97. The smallest absolute Gasteiger partial charge is 0.142 e. The van der Waals surface area contributed by atoms with E-state index in [0.717, 1.165) is 18.8 Å². The Bertz CT molecular complexity index is 381. The SMILES string of the molecule is CCNC1CCN(c2ccccc2OC)C(C)C1. The highest BCUT2D eigenvalue weighted by molar-refractivity contribution is 5.59. The van der Waals surface area contributed by atoms with Crippen LogP contribution in [0.1, 0.15) is 26.7 Å². The molecule has 1 aromatic carbocycles. The Labute approximate surface area is 110 Å². The standard InChI is InChI=1S/C15H24N2O/c1-4-16-13-9-10-17(12(2)11-13)14-7-5-6-8-15(14)18-3/h5-8,12-13,16H,4,9-11H2,1-3H3. The molecule has 2 atom stereocenters. The van der Waals surface area contributed by atoms with E-state index >= 15 is 0 Å². The van der Waals surface area contributed by atoms with Crippen LogP contribution in [0.4, 0.5) is 5.69 Å². The molecular weight excluding hydrogens is 224 g/mol. The quantitative estimate of drug-likeness (QED) is 0.886. The topological polar surface area (TPSA) is 24.5 Å². The van der Waals surface area contributed by atoms with Crippen LogP contribution in [-0.2, 0) is 0 Å². The number of ether oxygens (including phenoxy) is 1. The lowest BCUT2D eigenvalue weighted by molar-refractivity contribution is 0.366. The molecule has 2 unspecified atom stereocenters. The first kappa shape index (κ1) is 13.2.